The molecule has 0 atom stereocenters. The highest BCUT2D eigenvalue weighted by atomic mass is 35.5. The summed E-state index contributed by atoms with van der Waals surface area (Å²) in [4.78, 5) is 0. The lowest BCUT2D eigenvalue weighted by Crippen LogP contribution is -2.06. The summed E-state index contributed by atoms with van der Waals surface area (Å²) in [6, 6.07) is 0. The lowest BCUT2D eigenvalue weighted by molar-refractivity contribution is 0.227. The van der Waals surface area contributed by atoms with Crippen molar-refractivity contribution < 1.29 is 8.78 Å². The lowest BCUT2D eigenvalue weighted by atomic mass is 11.2. The summed E-state index contributed by atoms with van der Waals surface area (Å²) < 4.78 is 22.3. The van der Waals surface area contributed by atoms with Crippen LogP contribution in [0.3, 0.4) is 0 Å². The van der Waals surface area contributed by atoms with Gasteiger partial charge in [-0.1, -0.05) is 0 Å². The third-order valence-electron chi connectivity index (χ3n) is 0.259. The zero-order chi connectivity index (χ0) is 4.99. The molecule has 0 aliphatic rings. The van der Waals surface area contributed by atoms with Crippen LogP contribution in [0.15, 0.2) is 0 Å². The number of hydrogen-bond acceptors (Lipinski definition) is 1. The van der Waals surface area contributed by atoms with E-state index in [1.807, 2.05) is 0 Å². The summed E-state index contributed by atoms with van der Waals surface area (Å²) in [7, 11) is 0. The minimum atomic E-state index is -0.946. The van der Waals surface area contributed by atoms with E-state index in [-0.39, 0.29) is 0 Å². The normalized spacial score (nSPS) is 10.0. The monoisotopic (exact) mass is 115 g/mol. The molecule has 6 heavy (non-hydrogen) atoms. The number of rotatable bonds is 2. The molecule has 0 bridgehead atoms. The Morgan fingerprint density at radius 1 is 1.33 bits per heavy atom. The summed E-state index contributed by atoms with van der Waals surface area (Å²) in [6.45, 7) is -1.89. The first-order valence-corrected chi connectivity index (χ1v) is 1.67. The van der Waals surface area contributed by atoms with Crippen LogP contribution in [0.25, 0.3) is 0 Å². The van der Waals surface area contributed by atoms with Crippen molar-refractivity contribution in [3.05, 3.63) is 0 Å². The molecule has 0 aromatic heterocycles. The summed E-state index contributed by atoms with van der Waals surface area (Å²) in [6.07, 6.45) is 0. The van der Waals surface area contributed by atoms with E-state index in [0.717, 1.165) is 0 Å². The van der Waals surface area contributed by atoms with E-state index in [0.29, 0.717) is 4.42 Å². The van der Waals surface area contributed by atoms with Crippen LogP contribution in [-0.4, -0.2) is 18.0 Å². The minimum Gasteiger partial charge on any atom is -0.232 e. The molecule has 0 N–H and O–H groups in total. The second-order valence-electron chi connectivity index (χ2n) is 0.702. The summed E-state index contributed by atoms with van der Waals surface area (Å²) >= 11 is 4.73. The maximum absolute atomic E-state index is 10.9. The Morgan fingerprint density at radius 2 is 1.67 bits per heavy atom. The SMILES string of the molecule is FCN(Cl)CF. The predicted octanol–water partition coefficient (Wildman–Crippen LogP) is 1.30. The summed E-state index contributed by atoms with van der Waals surface area (Å²) in [5.41, 5.74) is 0. The zero-order valence-corrected chi connectivity index (χ0v) is 3.75. The van der Waals surface area contributed by atoms with E-state index in [1.165, 1.54) is 0 Å². The number of nitrogens with zero attached hydrogens (tertiary/aromatic N) is 1. The first kappa shape index (κ1) is 6.11. The molecule has 0 spiro atoms. The Morgan fingerprint density at radius 3 is 1.67 bits per heavy atom. The van der Waals surface area contributed by atoms with E-state index in [4.69, 9.17) is 11.8 Å². The molecule has 0 saturated heterocycles. The zero-order valence-electron chi connectivity index (χ0n) is 3.00. The van der Waals surface area contributed by atoms with Crippen LogP contribution in [0.2, 0.25) is 0 Å². The highest BCUT2D eigenvalue weighted by molar-refractivity contribution is 6.13. The fraction of sp³-hybridized carbons (Fsp3) is 1.00. The molecule has 0 aromatic carbocycles. The van der Waals surface area contributed by atoms with Crippen LogP contribution in [0, 0.1) is 0 Å². The van der Waals surface area contributed by atoms with Crippen molar-refractivity contribution >= 4 is 11.8 Å². The number of halogens is 3. The van der Waals surface area contributed by atoms with Gasteiger partial charge in [0, 0.05) is 0 Å². The van der Waals surface area contributed by atoms with Gasteiger partial charge in [0.05, 0.1) is 0 Å². The van der Waals surface area contributed by atoms with Gasteiger partial charge in [0.1, 0.15) is 0 Å². The topological polar surface area (TPSA) is 3.24 Å². The molecule has 38 valence electrons. The predicted molar refractivity (Wildman–Crippen MR) is 19.6 cm³/mol. The molecule has 0 unspecified atom stereocenters. The van der Waals surface area contributed by atoms with E-state index in [1.54, 1.807) is 0 Å². The van der Waals surface area contributed by atoms with Gasteiger partial charge < -0.3 is 0 Å². The Kier molecular flexibility index (Phi) is 3.37. The third-order valence-corrected chi connectivity index (χ3v) is 0.440. The molecular weight excluding hydrogens is 111 g/mol. The standard InChI is InChI=1S/C2H4ClF2N/c3-6(1-4)2-5/h1-2H2. The minimum absolute atomic E-state index is 0.389. The van der Waals surface area contributed by atoms with Gasteiger partial charge in [-0.2, -0.15) is 4.42 Å². The van der Waals surface area contributed by atoms with E-state index in [2.05, 4.69) is 0 Å². The van der Waals surface area contributed by atoms with Crippen LogP contribution < -0.4 is 0 Å². The maximum atomic E-state index is 10.9. The molecule has 1 nitrogen and oxygen atoms in total. The quantitative estimate of drug-likeness (QED) is 0.387. The Hall–Kier alpha value is 0.110. The van der Waals surface area contributed by atoms with Gasteiger partial charge in [0.15, 0.2) is 13.6 Å². The molecule has 0 aliphatic heterocycles. The second-order valence-corrected chi connectivity index (χ2v) is 1.18. The molecule has 0 aliphatic carbocycles. The average Bonchev–Trinajstić information content (AvgIpc) is 1.65. The van der Waals surface area contributed by atoms with Crippen LogP contribution in [0.1, 0.15) is 0 Å². The van der Waals surface area contributed by atoms with Gasteiger partial charge in [-0.15, -0.1) is 0 Å². The van der Waals surface area contributed by atoms with Gasteiger partial charge in [-0.3, -0.25) is 0 Å². The van der Waals surface area contributed by atoms with Gasteiger partial charge in [-0.05, 0) is 11.8 Å². The average molecular weight is 116 g/mol. The number of hydrogen-bond donors (Lipinski definition) is 0. The van der Waals surface area contributed by atoms with Crippen molar-refractivity contribution in [1.82, 2.24) is 4.42 Å². The lowest BCUT2D eigenvalue weighted by Gasteiger charge is -1.96. The van der Waals surface area contributed by atoms with Crippen LogP contribution in [0.5, 0.6) is 0 Å². The van der Waals surface area contributed by atoms with Gasteiger partial charge in [0.25, 0.3) is 0 Å². The molecular formula is C2H4ClF2N. The largest absolute Gasteiger partial charge is 0.232 e. The smallest absolute Gasteiger partial charge is 0.158 e. The Bertz CT molecular complexity index is 30.7. The highest BCUT2D eigenvalue weighted by Crippen LogP contribution is 1.91. The second kappa shape index (κ2) is 3.31. The van der Waals surface area contributed by atoms with Gasteiger partial charge in [0.2, 0.25) is 0 Å². The fourth-order valence-corrected chi connectivity index (χ4v) is 0.0319. The first-order valence-electron chi connectivity index (χ1n) is 1.34. The van der Waals surface area contributed by atoms with Crippen LogP contribution >= 0.6 is 11.8 Å². The molecule has 0 aromatic rings. The van der Waals surface area contributed by atoms with Crippen molar-refractivity contribution in [3.8, 4) is 0 Å². The molecule has 0 saturated carbocycles. The van der Waals surface area contributed by atoms with Gasteiger partial charge >= 0.3 is 0 Å². The highest BCUT2D eigenvalue weighted by Gasteiger charge is 1.91. The summed E-state index contributed by atoms with van der Waals surface area (Å²) in [5.74, 6) is 0. The van der Waals surface area contributed by atoms with Crippen LogP contribution in [-0.2, 0) is 0 Å². The van der Waals surface area contributed by atoms with Crippen molar-refractivity contribution in [3.63, 3.8) is 0 Å². The van der Waals surface area contributed by atoms with E-state index < -0.39 is 13.6 Å². The van der Waals surface area contributed by atoms with Crippen molar-refractivity contribution in [1.29, 1.82) is 0 Å². The van der Waals surface area contributed by atoms with Crippen molar-refractivity contribution in [2.75, 3.05) is 13.6 Å². The third kappa shape index (κ3) is 2.35. The van der Waals surface area contributed by atoms with Gasteiger partial charge in [-0.25, -0.2) is 8.78 Å². The van der Waals surface area contributed by atoms with E-state index in [9.17, 15) is 8.78 Å². The molecule has 0 radical (unpaired) electrons. The molecule has 0 fully saturated rings. The van der Waals surface area contributed by atoms with E-state index >= 15 is 0 Å². The molecule has 4 heteroatoms. The molecule has 0 amide bonds. The molecule has 0 rings (SSSR count). The first-order chi connectivity index (χ1) is 2.81. The summed E-state index contributed by atoms with van der Waals surface area (Å²) in [5, 5.41) is 0. The Labute approximate surface area is 39.6 Å². The van der Waals surface area contributed by atoms with Crippen molar-refractivity contribution in [2.45, 2.75) is 0 Å². The fourth-order valence-electron chi connectivity index (χ4n) is 0.0319. The number of alkyl halides is 2. The van der Waals surface area contributed by atoms with Crippen LogP contribution in [0.4, 0.5) is 8.78 Å². The molecule has 0 heterocycles. The van der Waals surface area contributed by atoms with Crippen molar-refractivity contribution in [2.24, 2.45) is 0 Å². The maximum Gasteiger partial charge on any atom is 0.158 e. The Balaban J connectivity index is 2.75.